The van der Waals surface area contributed by atoms with E-state index in [1.165, 1.54) is 0 Å². The number of nitrogens with zero attached hydrogens (tertiary/aromatic N) is 1. The lowest BCUT2D eigenvalue weighted by molar-refractivity contribution is -0.133. The molecule has 0 aromatic rings. The Morgan fingerprint density at radius 1 is 1.36 bits per heavy atom. The molecule has 66 valence electrons. The van der Waals surface area contributed by atoms with Crippen LogP contribution in [0, 0.1) is 0 Å². The van der Waals surface area contributed by atoms with Crippen molar-refractivity contribution in [3.05, 3.63) is 0 Å². The van der Waals surface area contributed by atoms with Gasteiger partial charge in [-0.2, -0.15) is 0 Å². The molecule has 0 saturated carbocycles. The Morgan fingerprint density at radius 2 is 1.82 bits per heavy atom. The van der Waals surface area contributed by atoms with Gasteiger partial charge in [-0.1, -0.05) is 0 Å². The highest BCUT2D eigenvalue weighted by atomic mass is 16.2. The average Bonchev–Trinajstić information content (AvgIpc) is 2.00. The maximum absolute atomic E-state index is 11.4. The van der Waals surface area contributed by atoms with Crippen LogP contribution in [0.3, 0.4) is 0 Å². The second kappa shape index (κ2) is 4.34. The van der Waals surface area contributed by atoms with Crippen molar-refractivity contribution in [2.45, 2.75) is 32.9 Å². The van der Waals surface area contributed by atoms with E-state index in [0.717, 1.165) is 0 Å². The van der Waals surface area contributed by atoms with Gasteiger partial charge < -0.3 is 10.2 Å². The molecule has 11 heavy (non-hydrogen) atoms. The zero-order valence-electron chi connectivity index (χ0n) is 8.01. The van der Waals surface area contributed by atoms with Crippen LogP contribution in [-0.4, -0.2) is 37.0 Å². The van der Waals surface area contributed by atoms with Gasteiger partial charge in [-0.3, -0.25) is 4.79 Å². The van der Waals surface area contributed by atoms with Crippen molar-refractivity contribution >= 4 is 5.91 Å². The Morgan fingerprint density at radius 3 is 2.09 bits per heavy atom. The molecule has 1 N–H and O–H groups in total. The Kier molecular flexibility index (Phi) is 4.11. The van der Waals surface area contributed by atoms with E-state index < -0.39 is 0 Å². The lowest BCUT2D eigenvalue weighted by Gasteiger charge is -2.24. The van der Waals surface area contributed by atoms with Gasteiger partial charge in [0.15, 0.2) is 0 Å². The summed E-state index contributed by atoms with van der Waals surface area (Å²) in [6, 6.07) is 0.195. The summed E-state index contributed by atoms with van der Waals surface area (Å²) >= 11 is 0. The van der Waals surface area contributed by atoms with Crippen LogP contribution in [0.25, 0.3) is 0 Å². The average molecular weight is 158 g/mol. The van der Waals surface area contributed by atoms with Crippen LogP contribution in [0.5, 0.6) is 0 Å². The van der Waals surface area contributed by atoms with E-state index in [1.54, 1.807) is 11.9 Å². The molecule has 0 radical (unpaired) electrons. The molecular formula is C8H18N2O. The van der Waals surface area contributed by atoms with Gasteiger partial charge in [-0.05, 0) is 27.8 Å². The fourth-order valence-corrected chi connectivity index (χ4v) is 0.683. The van der Waals surface area contributed by atoms with Gasteiger partial charge in [0.1, 0.15) is 0 Å². The predicted octanol–water partition coefficient (Wildman–Crippen LogP) is 0.461. The molecule has 0 fully saturated rings. The van der Waals surface area contributed by atoms with E-state index in [0.29, 0.717) is 0 Å². The summed E-state index contributed by atoms with van der Waals surface area (Å²) in [5.41, 5.74) is 0. The van der Waals surface area contributed by atoms with Crippen LogP contribution < -0.4 is 5.32 Å². The minimum absolute atomic E-state index is 0.0811. The van der Waals surface area contributed by atoms with Gasteiger partial charge in [0, 0.05) is 13.1 Å². The number of hydrogen-bond acceptors (Lipinski definition) is 2. The van der Waals surface area contributed by atoms with Gasteiger partial charge >= 0.3 is 0 Å². The summed E-state index contributed by atoms with van der Waals surface area (Å²) in [5, 5.41) is 2.91. The van der Waals surface area contributed by atoms with E-state index in [1.807, 2.05) is 27.8 Å². The molecule has 0 bridgehead atoms. The number of rotatable bonds is 3. The minimum Gasteiger partial charge on any atom is -0.342 e. The highest BCUT2D eigenvalue weighted by molar-refractivity contribution is 5.81. The van der Waals surface area contributed by atoms with Crippen LogP contribution in [0.4, 0.5) is 0 Å². The topological polar surface area (TPSA) is 32.3 Å². The van der Waals surface area contributed by atoms with Crippen molar-refractivity contribution in [2.75, 3.05) is 14.1 Å². The Bertz CT molecular complexity index is 134. The molecule has 1 amide bonds. The van der Waals surface area contributed by atoms with E-state index >= 15 is 0 Å². The summed E-state index contributed by atoms with van der Waals surface area (Å²) in [6.07, 6.45) is 0. The zero-order chi connectivity index (χ0) is 9.02. The lowest BCUT2D eigenvalue weighted by atomic mass is 10.2. The molecule has 0 unspecified atom stereocenters. The van der Waals surface area contributed by atoms with Crippen LogP contribution in [0.1, 0.15) is 20.8 Å². The van der Waals surface area contributed by atoms with Gasteiger partial charge in [-0.15, -0.1) is 0 Å². The van der Waals surface area contributed by atoms with Gasteiger partial charge in [0.25, 0.3) is 0 Å². The SMILES string of the molecule is CN[C@@H](C)C(=O)N(C)C(C)C. The predicted molar refractivity (Wildman–Crippen MR) is 46.4 cm³/mol. The largest absolute Gasteiger partial charge is 0.342 e. The first-order valence-corrected chi connectivity index (χ1v) is 3.94. The van der Waals surface area contributed by atoms with E-state index in [9.17, 15) is 4.79 Å². The summed E-state index contributed by atoms with van der Waals surface area (Å²) in [7, 11) is 3.61. The fourth-order valence-electron chi connectivity index (χ4n) is 0.683. The van der Waals surface area contributed by atoms with Gasteiger partial charge in [0.2, 0.25) is 5.91 Å². The highest BCUT2D eigenvalue weighted by Gasteiger charge is 2.16. The standard InChI is InChI=1S/C8H18N2O/c1-6(2)10(5)8(11)7(3)9-4/h6-7,9H,1-5H3/t7-/m0/s1. The van der Waals surface area contributed by atoms with Crippen molar-refractivity contribution in [1.82, 2.24) is 10.2 Å². The van der Waals surface area contributed by atoms with E-state index in [2.05, 4.69) is 5.32 Å². The number of amides is 1. The number of hydrogen-bond donors (Lipinski definition) is 1. The monoisotopic (exact) mass is 158 g/mol. The summed E-state index contributed by atoms with van der Waals surface area (Å²) in [4.78, 5) is 13.1. The quantitative estimate of drug-likeness (QED) is 0.647. The van der Waals surface area contributed by atoms with Crippen molar-refractivity contribution in [3.8, 4) is 0 Å². The van der Waals surface area contributed by atoms with Gasteiger partial charge in [-0.25, -0.2) is 0 Å². The maximum atomic E-state index is 11.4. The third-order valence-corrected chi connectivity index (χ3v) is 1.93. The lowest BCUT2D eigenvalue weighted by Crippen LogP contribution is -2.44. The smallest absolute Gasteiger partial charge is 0.239 e. The molecule has 1 atom stereocenters. The number of carbonyl (C=O) groups excluding carboxylic acids is 1. The van der Waals surface area contributed by atoms with Crippen molar-refractivity contribution in [1.29, 1.82) is 0 Å². The van der Waals surface area contributed by atoms with Crippen molar-refractivity contribution in [2.24, 2.45) is 0 Å². The first-order chi connectivity index (χ1) is 5.00. The third kappa shape index (κ3) is 2.89. The number of likely N-dealkylation sites (N-methyl/N-ethyl adjacent to an activating group) is 2. The van der Waals surface area contributed by atoms with Crippen molar-refractivity contribution in [3.63, 3.8) is 0 Å². The molecule has 0 aromatic carbocycles. The molecule has 0 spiro atoms. The van der Waals surface area contributed by atoms with Crippen LogP contribution in [-0.2, 0) is 4.79 Å². The summed E-state index contributed by atoms with van der Waals surface area (Å²) in [6.45, 7) is 5.86. The van der Waals surface area contributed by atoms with E-state index in [4.69, 9.17) is 0 Å². The van der Waals surface area contributed by atoms with Crippen LogP contribution in [0.15, 0.2) is 0 Å². The van der Waals surface area contributed by atoms with Crippen LogP contribution in [0.2, 0.25) is 0 Å². The fraction of sp³-hybridized carbons (Fsp3) is 0.875. The van der Waals surface area contributed by atoms with Gasteiger partial charge in [0.05, 0.1) is 6.04 Å². The maximum Gasteiger partial charge on any atom is 0.239 e. The molecule has 0 rings (SSSR count). The van der Waals surface area contributed by atoms with Crippen LogP contribution >= 0.6 is 0 Å². The normalized spacial score (nSPS) is 13.3. The number of nitrogens with one attached hydrogen (secondary N) is 1. The molecule has 0 heterocycles. The minimum atomic E-state index is -0.0811. The molecule has 3 heteroatoms. The third-order valence-electron chi connectivity index (χ3n) is 1.93. The molecule has 0 saturated heterocycles. The first kappa shape index (κ1) is 10.4. The van der Waals surface area contributed by atoms with E-state index in [-0.39, 0.29) is 18.0 Å². The zero-order valence-corrected chi connectivity index (χ0v) is 8.01. The summed E-state index contributed by atoms with van der Waals surface area (Å²) in [5.74, 6) is 0.141. The first-order valence-electron chi connectivity index (χ1n) is 3.94. The summed E-state index contributed by atoms with van der Waals surface area (Å²) < 4.78 is 0. The molecule has 0 aliphatic carbocycles. The van der Waals surface area contributed by atoms with Crippen molar-refractivity contribution < 1.29 is 4.79 Å². The molecule has 0 aliphatic heterocycles. The molecule has 3 nitrogen and oxygen atoms in total. The highest BCUT2D eigenvalue weighted by Crippen LogP contribution is 1.97. The Hall–Kier alpha value is -0.570. The second-order valence-electron chi connectivity index (χ2n) is 3.05. The number of carbonyl (C=O) groups is 1. The second-order valence-corrected chi connectivity index (χ2v) is 3.05. The molecule has 0 aliphatic rings. The molecular weight excluding hydrogens is 140 g/mol. The Labute approximate surface area is 68.8 Å². The molecule has 0 aromatic heterocycles. The Balaban J connectivity index is 4.02.